The van der Waals surface area contributed by atoms with Crippen LogP contribution in [0.5, 0.6) is 0 Å². The standard InChI is InChI=1S/C24H31ClN6.HI/c1-17-7-4-11-22-29-21(16-31(17)22)15-28-24(26-2)27-14-19-9-6-12-30(3)23(19)18-8-5-10-20(25)13-18;/h4-5,7-8,10-11,13,16,19,23H,6,9,12,14-15H2,1-3H3,(H2,26,27,28);1H. The van der Waals surface area contributed by atoms with Crippen LogP contribution >= 0.6 is 35.6 Å². The van der Waals surface area contributed by atoms with Gasteiger partial charge in [-0.2, -0.15) is 0 Å². The number of nitrogens with zero attached hydrogens (tertiary/aromatic N) is 4. The lowest BCUT2D eigenvalue weighted by atomic mass is 9.85. The van der Waals surface area contributed by atoms with E-state index >= 15 is 0 Å². The van der Waals surface area contributed by atoms with Crippen LogP contribution in [0.1, 0.15) is 35.8 Å². The molecule has 0 spiro atoms. The van der Waals surface area contributed by atoms with Crippen LogP contribution in [0.25, 0.3) is 5.65 Å². The van der Waals surface area contributed by atoms with Gasteiger partial charge in [-0.25, -0.2) is 4.98 Å². The molecule has 0 radical (unpaired) electrons. The van der Waals surface area contributed by atoms with Crippen molar-refractivity contribution in [2.75, 3.05) is 27.2 Å². The molecular formula is C24H32ClIN6. The minimum atomic E-state index is 0. The normalized spacial score (nSPS) is 19.6. The number of fused-ring (bicyclic) bond motifs is 1. The summed E-state index contributed by atoms with van der Waals surface area (Å²) in [6, 6.07) is 14.8. The Morgan fingerprint density at radius 3 is 2.78 bits per heavy atom. The summed E-state index contributed by atoms with van der Waals surface area (Å²) in [6.07, 6.45) is 4.46. The number of rotatable bonds is 5. The summed E-state index contributed by atoms with van der Waals surface area (Å²) in [5, 5.41) is 7.74. The van der Waals surface area contributed by atoms with Gasteiger partial charge in [-0.15, -0.1) is 24.0 Å². The second kappa shape index (κ2) is 11.3. The molecule has 1 saturated heterocycles. The molecule has 1 aliphatic heterocycles. The molecule has 3 aromatic rings. The molecule has 0 bridgehead atoms. The van der Waals surface area contributed by atoms with Gasteiger partial charge in [-0.1, -0.05) is 29.8 Å². The van der Waals surface area contributed by atoms with Gasteiger partial charge in [0.05, 0.1) is 12.2 Å². The number of halogens is 2. The van der Waals surface area contributed by atoms with Gasteiger partial charge in [0.15, 0.2) is 5.96 Å². The highest BCUT2D eigenvalue weighted by atomic mass is 127. The maximum atomic E-state index is 6.28. The lowest BCUT2D eigenvalue weighted by Crippen LogP contribution is -2.44. The number of benzene rings is 1. The molecule has 2 atom stereocenters. The molecule has 32 heavy (non-hydrogen) atoms. The molecule has 4 rings (SSSR count). The van der Waals surface area contributed by atoms with Crippen LogP contribution < -0.4 is 10.6 Å². The number of imidazole rings is 1. The van der Waals surface area contributed by atoms with Crippen molar-refractivity contribution in [3.05, 3.63) is 70.6 Å². The number of aromatic nitrogens is 2. The van der Waals surface area contributed by atoms with Gasteiger partial charge in [-0.3, -0.25) is 9.89 Å². The van der Waals surface area contributed by atoms with Gasteiger partial charge >= 0.3 is 0 Å². The molecule has 2 unspecified atom stereocenters. The number of hydrogen-bond acceptors (Lipinski definition) is 3. The van der Waals surface area contributed by atoms with E-state index in [0.717, 1.165) is 35.4 Å². The molecule has 1 fully saturated rings. The van der Waals surface area contributed by atoms with Crippen LogP contribution in [-0.2, 0) is 6.54 Å². The summed E-state index contributed by atoms with van der Waals surface area (Å²) in [6.45, 7) is 4.67. The van der Waals surface area contributed by atoms with Crippen LogP contribution in [0.15, 0.2) is 53.7 Å². The van der Waals surface area contributed by atoms with Crippen molar-refractivity contribution in [3.63, 3.8) is 0 Å². The summed E-state index contributed by atoms with van der Waals surface area (Å²) in [5.74, 6) is 1.28. The molecule has 3 heterocycles. The lowest BCUT2D eigenvalue weighted by Gasteiger charge is -2.40. The van der Waals surface area contributed by atoms with Crippen molar-refractivity contribution in [3.8, 4) is 0 Å². The van der Waals surface area contributed by atoms with Crippen molar-refractivity contribution in [2.45, 2.75) is 32.4 Å². The third-order valence-electron chi connectivity index (χ3n) is 6.14. The van der Waals surface area contributed by atoms with Crippen molar-refractivity contribution in [1.82, 2.24) is 24.9 Å². The average Bonchev–Trinajstić information content (AvgIpc) is 3.18. The number of guanidine groups is 1. The fraction of sp³-hybridized carbons (Fsp3) is 0.417. The van der Waals surface area contributed by atoms with E-state index in [2.05, 4.69) is 63.3 Å². The number of hydrogen-bond donors (Lipinski definition) is 2. The molecule has 2 aromatic heterocycles. The highest BCUT2D eigenvalue weighted by Crippen LogP contribution is 2.35. The van der Waals surface area contributed by atoms with E-state index in [1.807, 2.05) is 31.3 Å². The Kier molecular flexibility index (Phi) is 8.79. The van der Waals surface area contributed by atoms with E-state index in [1.165, 1.54) is 24.1 Å². The largest absolute Gasteiger partial charge is 0.356 e. The van der Waals surface area contributed by atoms with Gasteiger partial charge in [0.2, 0.25) is 0 Å². The topological polar surface area (TPSA) is 57.0 Å². The van der Waals surface area contributed by atoms with Crippen molar-refractivity contribution >= 4 is 47.2 Å². The Morgan fingerprint density at radius 2 is 2.03 bits per heavy atom. The first-order valence-corrected chi connectivity index (χ1v) is 11.3. The van der Waals surface area contributed by atoms with Crippen molar-refractivity contribution in [1.29, 1.82) is 0 Å². The van der Waals surface area contributed by atoms with E-state index < -0.39 is 0 Å². The fourth-order valence-electron chi connectivity index (χ4n) is 4.60. The van der Waals surface area contributed by atoms with Crippen LogP contribution in [0.4, 0.5) is 0 Å². The molecular weight excluding hydrogens is 535 g/mol. The second-order valence-electron chi connectivity index (χ2n) is 8.32. The zero-order valence-corrected chi connectivity index (χ0v) is 22.0. The molecule has 2 N–H and O–H groups in total. The molecule has 8 heteroatoms. The number of piperidine rings is 1. The quantitative estimate of drug-likeness (QED) is 0.268. The number of pyridine rings is 1. The molecule has 1 aliphatic rings. The number of aryl methyl sites for hydroxylation is 1. The Morgan fingerprint density at radius 1 is 1.22 bits per heavy atom. The van der Waals surface area contributed by atoms with Crippen LogP contribution in [0.2, 0.25) is 5.02 Å². The number of aliphatic imine (C=N–C) groups is 1. The predicted molar refractivity (Wildman–Crippen MR) is 143 cm³/mol. The van der Waals surface area contributed by atoms with Crippen molar-refractivity contribution < 1.29 is 0 Å². The van der Waals surface area contributed by atoms with Gasteiger partial charge in [0.25, 0.3) is 0 Å². The van der Waals surface area contributed by atoms with Gasteiger partial charge in [0.1, 0.15) is 5.65 Å². The minimum absolute atomic E-state index is 0. The molecule has 0 aliphatic carbocycles. The highest BCUT2D eigenvalue weighted by Gasteiger charge is 2.30. The SMILES string of the molecule is CN=C(NCc1cn2c(C)cccc2n1)NCC1CCCN(C)C1c1cccc(Cl)c1.I. The second-order valence-corrected chi connectivity index (χ2v) is 8.75. The Bertz CT molecular complexity index is 1070. The smallest absolute Gasteiger partial charge is 0.191 e. The molecule has 6 nitrogen and oxygen atoms in total. The first-order valence-electron chi connectivity index (χ1n) is 10.9. The van der Waals surface area contributed by atoms with Gasteiger partial charge < -0.3 is 15.0 Å². The van der Waals surface area contributed by atoms with Crippen LogP contribution in [0.3, 0.4) is 0 Å². The molecule has 0 amide bonds. The van der Waals surface area contributed by atoms with E-state index in [1.54, 1.807) is 0 Å². The van der Waals surface area contributed by atoms with Gasteiger partial charge in [-0.05, 0) is 69.1 Å². The zero-order chi connectivity index (χ0) is 21.8. The van der Waals surface area contributed by atoms with E-state index in [9.17, 15) is 0 Å². The molecule has 0 saturated carbocycles. The molecule has 172 valence electrons. The third kappa shape index (κ3) is 5.74. The summed E-state index contributed by atoms with van der Waals surface area (Å²) < 4.78 is 2.11. The number of likely N-dealkylation sites (tertiary alicyclic amines) is 1. The number of nitrogens with one attached hydrogen (secondary N) is 2. The summed E-state index contributed by atoms with van der Waals surface area (Å²) in [7, 11) is 4.01. The lowest BCUT2D eigenvalue weighted by molar-refractivity contribution is 0.122. The minimum Gasteiger partial charge on any atom is -0.356 e. The summed E-state index contributed by atoms with van der Waals surface area (Å²) >= 11 is 6.28. The van der Waals surface area contributed by atoms with Crippen LogP contribution in [-0.4, -0.2) is 47.4 Å². The third-order valence-corrected chi connectivity index (χ3v) is 6.37. The van der Waals surface area contributed by atoms with Crippen molar-refractivity contribution in [2.24, 2.45) is 10.9 Å². The highest BCUT2D eigenvalue weighted by molar-refractivity contribution is 14.0. The maximum Gasteiger partial charge on any atom is 0.191 e. The Hall–Kier alpha value is -1.84. The first-order chi connectivity index (χ1) is 15.0. The Labute approximate surface area is 212 Å². The zero-order valence-electron chi connectivity index (χ0n) is 18.9. The Balaban J connectivity index is 0.00000289. The monoisotopic (exact) mass is 566 g/mol. The molecule has 1 aromatic carbocycles. The van der Waals surface area contributed by atoms with Gasteiger partial charge in [0, 0.05) is 36.5 Å². The van der Waals surface area contributed by atoms with E-state index in [4.69, 9.17) is 16.6 Å². The van der Waals surface area contributed by atoms with Crippen LogP contribution in [0, 0.1) is 12.8 Å². The average molecular weight is 567 g/mol. The fourth-order valence-corrected chi connectivity index (χ4v) is 4.80. The maximum absolute atomic E-state index is 6.28. The summed E-state index contributed by atoms with van der Waals surface area (Å²) in [4.78, 5) is 11.6. The summed E-state index contributed by atoms with van der Waals surface area (Å²) in [5.41, 5.74) is 4.41. The first kappa shape index (κ1) is 24.8. The van der Waals surface area contributed by atoms with E-state index in [-0.39, 0.29) is 24.0 Å². The predicted octanol–water partition coefficient (Wildman–Crippen LogP) is 4.66. The van der Waals surface area contributed by atoms with E-state index in [0.29, 0.717) is 18.5 Å².